The van der Waals surface area contributed by atoms with Crippen LogP contribution in [0.3, 0.4) is 0 Å². The highest BCUT2D eigenvalue weighted by molar-refractivity contribution is 5.94. The molecule has 0 saturated carbocycles. The normalized spacial score (nSPS) is 10.3. The van der Waals surface area contributed by atoms with Gasteiger partial charge in [-0.05, 0) is 25.5 Å². The third-order valence-electron chi connectivity index (χ3n) is 2.77. The number of likely N-dealkylation sites (N-methyl/N-ethyl adjacent to an activating group) is 1. The van der Waals surface area contributed by atoms with E-state index in [4.69, 9.17) is 5.11 Å². The summed E-state index contributed by atoms with van der Waals surface area (Å²) in [4.78, 5) is 18.2. The topological polar surface area (TPSA) is 65.5 Å². The van der Waals surface area contributed by atoms with E-state index in [-0.39, 0.29) is 12.5 Å². The van der Waals surface area contributed by atoms with Crippen molar-refractivity contribution in [2.24, 2.45) is 0 Å². The summed E-state index contributed by atoms with van der Waals surface area (Å²) in [6, 6.07) is 3.60. The maximum atomic E-state index is 12.2. The Labute approximate surface area is 114 Å². The molecule has 19 heavy (non-hydrogen) atoms. The van der Waals surface area contributed by atoms with E-state index in [1.165, 1.54) is 4.90 Å². The van der Waals surface area contributed by atoms with Crippen LogP contribution in [-0.2, 0) is 6.42 Å². The summed E-state index contributed by atoms with van der Waals surface area (Å²) >= 11 is 0. The number of carbonyl (C=O) groups excluding carboxylic acids is 1. The molecule has 1 heterocycles. The fraction of sp³-hybridized carbons (Fsp3) is 0.571. The van der Waals surface area contributed by atoms with Crippen molar-refractivity contribution < 1.29 is 9.90 Å². The van der Waals surface area contributed by atoms with Gasteiger partial charge in [-0.1, -0.05) is 13.3 Å². The van der Waals surface area contributed by atoms with Crippen molar-refractivity contribution in [2.45, 2.75) is 26.7 Å². The number of rotatable bonds is 7. The Balaban J connectivity index is 3.00. The number of nitrogens with zero attached hydrogens (tertiary/aromatic N) is 2. The van der Waals surface area contributed by atoms with Crippen LogP contribution in [0.1, 0.15) is 36.3 Å². The minimum Gasteiger partial charge on any atom is -0.395 e. The molecule has 1 aromatic heterocycles. The number of pyridine rings is 1. The monoisotopic (exact) mass is 265 g/mol. The fourth-order valence-corrected chi connectivity index (χ4v) is 1.84. The van der Waals surface area contributed by atoms with Gasteiger partial charge in [-0.2, -0.15) is 0 Å². The molecule has 0 fully saturated rings. The van der Waals surface area contributed by atoms with Gasteiger partial charge in [0, 0.05) is 31.4 Å². The summed E-state index contributed by atoms with van der Waals surface area (Å²) in [5.41, 5.74) is 1.53. The zero-order chi connectivity index (χ0) is 14.3. The number of anilines is 1. The highest BCUT2D eigenvalue weighted by atomic mass is 16.3. The number of hydrogen-bond acceptors (Lipinski definition) is 4. The minimum atomic E-state index is -0.0899. The van der Waals surface area contributed by atoms with Crippen LogP contribution in [-0.4, -0.2) is 47.6 Å². The van der Waals surface area contributed by atoms with E-state index in [1.54, 1.807) is 13.1 Å². The molecule has 5 heteroatoms. The first kappa shape index (κ1) is 15.4. The molecule has 0 aliphatic rings. The lowest BCUT2D eigenvalue weighted by Crippen LogP contribution is -2.29. The molecular weight excluding hydrogens is 242 g/mol. The number of aliphatic hydroxyl groups is 1. The molecule has 0 aliphatic carbocycles. The van der Waals surface area contributed by atoms with Gasteiger partial charge in [0.25, 0.3) is 5.91 Å². The molecule has 0 atom stereocenters. The summed E-state index contributed by atoms with van der Waals surface area (Å²) in [5.74, 6) is 0.641. The smallest absolute Gasteiger partial charge is 0.253 e. The van der Waals surface area contributed by atoms with Gasteiger partial charge in [-0.3, -0.25) is 4.79 Å². The summed E-state index contributed by atoms with van der Waals surface area (Å²) in [6.07, 6.45) is 1.84. The van der Waals surface area contributed by atoms with Gasteiger partial charge in [0.2, 0.25) is 0 Å². The Morgan fingerprint density at radius 2 is 2.16 bits per heavy atom. The molecule has 0 saturated heterocycles. The van der Waals surface area contributed by atoms with Crippen LogP contribution in [0, 0.1) is 0 Å². The molecule has 0 aliphatic heterocycles. The van der Waals surface area contributed by atoms with Gasteiger partial charge in [0.1, 0.15) is 5.82 Å². The van der Waals surface area contributed by atoms with Crippen LogP contribution in [0.5, 0.6) is 0 Å². The third-order valence-corrected chi connectivity index (χ3v) is 2.77. The summed E-state index contributed by atoms with van der Waals surface area (Å²) in [5, 5.41) is 12.0. The largest absolute Gasteiger partial charge is 0.395 e. The van der Waals surface area contributed by atoms with Gasteiger partial charge in [0.15, 0.2) is 0 Å². The van der Waals surface area contributed by atoms with E-state index < -0.39 is 0 Å². The molecular formula is C14H23N3O2. The average molecular weight is 265 g/mol. The van der Waals surface area contributed by atoms with E-state index in [2.05, 4.69) is 17.2 Å². The first-order valence-electron chi connectivity index (χ1n) is 6.73. The highest BCUT2D eigenvalue weighted by Crippen LogP contribution is 2.14. The Hall–Kier alpha value is -1.62. The van der Waals surface area contributed by atoms with Crippen molar-refractivity contribution in [3.05, 3.63) is 23.4 Å². The van der Waals surface area contributed by atoms with E-state index in [0.29, 0.717) is 12.1 Å². The van der Waals surface area contributed by atoms with Crippen LogP contribution in [0.2, 0.25) is 0 Å². The molecule has 5 nitrogen and oxygen atoms in total. The summed E-state index contributed by atoms with van der Waals surface area (Å²) < 4.78 is 0. The first-order valence-corrected chi connectivity index (χ1v) is 6.73. The van der Waals surface area contributed by atoms with Crippen LogP contribution in [0.25, 0.3) is 0 Å². The van der Waals surface area contributed by atoms with Gasteiger partial charge >= 0.3 is 0 Å². The maximum absolute atomic E-state index is 12.2. The number of aromatic nitrogens is 1. The van der Waals surface area contributed by atoms with Gasteiger partial charge in [-0.25, -0.2) is 4.98 Å². The van der Waals surface area contributed by atoms with E-state index in [1.807, 2.05) is 13.0 Å². The van der Waals surface area contributed by atoms with Crippen LogP contribution in [0.15, 0.2) is 12.1 Å². The number of nitrogens with one attached hydrogen (secondary N) is 1. The predicted molar refractivity (Wildman–Crippen MR) is 76.4 cm³/mol. The summed E-state index contributed by atoms with van der Waals surface area (Å²) in [6.45, 7) is 5.15. The number of aliphatic hydroxyl groups excluding tert-OH is 1. The maximum Gasteiger partial charge on any atom is 0.253 e. The van der Waals surface area contributed by atoms with Crippen molar-refractivity contribution in [3.63, 3.8) is 0 Å². The predicted octanol–water partition coefficient (Wildman–Crippen LogP) is 1.53. The zero-order valence-corrected chi connectivity index (χ0v) is 11.9. The molecule has 106 valence electrons. The number of aryl methyl sites for hydroxylation is 1. The van der Waals surface area contributed by atoms with Crippen LogP contribution >= 0.6 is 0 Å². The molecule has 0 spiro atoms. The standard InChI is InChI=1S/C14H23N3O2/c1-4-6-12-9-11(10-13(16-12)15-5-2)14(19)17(3)7-8-18/h9-10,18H,4-8H2,1-3H3,(H,15,16). The fourth-order valence-electron chi connectivity index (χ4n) is 1.84. The molecule has 0 radical (unpaired) electrons. The van der Waals surface area contributed by atoms with Crippen molar-refractivity contribution in [1.82, 2.24) is 9.88 Å². The molecule has 1 aromatic rings. The second-order valence-electron chi connectivity index (χ2n) is 4.46. The molecule has 2 N–H and O–H groups in total. The Kier molecular flexibility index (Phi) is 6.29. The average Bonchev–Trinajstić information content (AvgIpc) is 2.38. The minimum absolute atomic E-state index is 0.0325. The van der Waals surface area contributed by atoms with Crippen LogP contribution < -0.4 is 5.32 Å². The zero-order valence-electron chi connectivity index (χ0n) is 11.9. The lowest BCUT2D eigenvalue weighted by Gasteiger charge is -2.17. The van der Waals surface area contributed by atoms with Crippen LogP contribution in [0.4, 0.5) is 5.82 Å². The SMILES string of the molecule is CCCc1cc(C(=O)N(C)CCO)cc(NCC)n1. The first-order chi connectivity index (χ1) is 9.12. The quantitative estimate of drug-likeness (QED) is 0.784. The van der Waals surface area contributed by atoms with Gasteiger partial charge < -0.3 is 15.3 Å². The Bertz CT molecular complexity index is 397. The lowest BCUT2D eigenvalue weighted by atomic mass is 10.1. The van der Waals surface area contributed by atoms with E-state index >= 15 is 0 Å². The van der Waals surface area contributed by atoms with Crippen molar-refractivity contribution in [1.29, 1.82) is 0 Å². The highest BCUT2D eigenvalue weighted by Gasteiger charge is 2.13. The van der Waals surface area contributed by atoms with Gasteiger partial charge in [-0.15, -0.1) is 0 Å². The number of amides is 1. The molecule has 0 aromatic carbocycles. The lowest BCUT2D eigenvalue weighted by molar-refractivity contribution is 0.0767. The molecule has 0 bridgehead atoms. The van der Waals surface area contributed by atoms with E-state index in [0.717, 1.165) is 30.9 Å². The Morgan fingerprint density at radius 1 is 1.42 bits per heavy atom. The number of carbonyl (C=O) groups is 1. The molecule has 0 unspecified atom stereocenters. The second kappa shape index (κ2) is 7.74. The van der Waals surface area contributed by atoms with Gasteiger partial charge in [0.05, 0.1) is 6.61 Å². The van der Waals surface area contributed by atoms with Crippen molar-refractivity contribution in [3.8, 4) is 0 Å². The second-order valence-corrected chi connectivity index (χ2v) is 4.46. The van der Waals surface area contributed by atoms with Crippen molar-refractivity contribution in [2.75, 3.05) is 32.1 Å². The molecule has 1 amide bonds. The third kappa shape index (κ3) is 4.52. The van der Waals surface area contributed by atoms with Crippen molar-refractivity contribution >= 4 is 11.7 Å². The Morgan fingerprint density at radius 3 is 2.74 bits per heavy atom. The van der Waals surface area contributed by atoms with E-state index in [9.17, 15) is 4.79 Å². The molecule has 1 rings (SSSR count). The summed E-state index contributed by atoms with van der Waals surface area (Å²) in [7, 11) is 1.69. The number of hydrogen-bond donors (Lipinski definition) is 2.